The number of aryl methyl sites for hydroxylation is 2. The van der Waals surface area contributed by atoms with Gasteiger partial charge < -0.3 is 0 Å². The second-order valence-corrected chi connectivity index (χ2v) is 8.82. The first kappa shape index (κ1) is 20.0. The largest absolute Gasteiger partial charge is 0.264 e. The lowest BCUT2D eigenvalue weighted by Gasteiger charge is -2.14. The van der Waals surface area contributed by atoms with Gasteiger partial charge in [-0.15, -0.1) is 0 Å². The predicted molar refractivity (Wildman–Crippen MR) is 111 cm³/mol. The molecule has 1 aromatic heterocycles. The van der Waals surface area contributed by atoms with Crippen LogP contribution in [-0.2, 0) is 10.0 Å². The van der Waals surface area contributed by atoms with Gasteiger partial charge in [0.25, 0.3) is 10.0 Å². The SMILES string of the molecule is Cc1cc(Cl)cc(Cl)c1S(=O)(=O)Nc1ccc(-c2ccccc2Cl)c(C)n1. The van der Waals surface area contributed by atoms with Crippen LogP contribution in [-0.4, -0.2) is 13.4 Å². The van der Waals surface area contributed by atoms with Crippen LogP contribution in [0.5, 0.6) is 0 Å². The van der Waals surface area contributed by atoms with Crippen molar-refractivity contribution >= 4 is 50.6 Å². The Balaban J connectivity index is 1.97. The monoisotopic (exact) mass is 440 g/mol. The molecule has 0 bridgehead atoms. The number of sulfonamides is 1. The summed E-state index contributed by atoms with van der Waals surface area (Å²) in [5.41, 5.74) is 2.74. The highest BCUT2D eigenvalue weighted by molar-refractivity contribution is 7.92. The molecule has 0 saturated heterocycles. The number of anilines is 1. The number of nitrogens with one attached hydrogen (secondary N) is 1. The highest BCUT2D eigenvalue weighted by Gasteiger charge is 2.22. The normalized spacial score (nSPS) is 11.4. The van der Waals surface area contributed by atoms with E-state index < -0.39 is 10.0 Å². The number of nitrogens with zero attached hydrogens (tertiary/aromatic N) is 1. The standard InChI is InChI=1S/C19H15Cl3N2O2S/c1-11-9-13(20)10-17(22)19(11)27(25,26)24-18-8-7-14(12(2)23-18)15-5-3-4-6-16(15)21/h3-10H,1-2H3,(H,23,24). The van der Waals surface area contributed by atoms with Gasteiger partial charge in [0.2, 0.25) is 0 Å². The average molecular weight is 442 g/mol. The molecule has 27 heavy (non-hydrogen) atoms. The summed E-state index contributed by atoms with van der Waals surface area (Å²) in [5, 5.41) is 1.02. The summed E-state index contributed by atoms with van der Waals surface area (Å²) in [4.78, 5) is 4.34. The minimum atomic E-state index is -3.92. The van der Waals surface area contributed by atoms with Gasteiger partial charge in [-0.1, -0.05) is 53.0 Å². The Labute approximate surface area is 173 Å². The molecule has 0 amide bonds. The number of rotatable bonds is 4. The fourth-order valence-electron chi connectivity index (χ4n) is 2.80. The topological polar surface area (TPSA) is 59.1 Å². The summed E-state index contributed by atoms with van der Waals surface area (Å²) in [6, 6.07) is 13.7. The van der Waals surface area contributed by atoms with Crippen LogP contribution in [0, 0.1) is 13.8 Å². The van der Waals surface area contributed by atoms with Gasteiger partial charge in [-0.3, -0.25) is 4.72 Å². The van der Waals surface area contributed by atoms with Crippen molar-refractivity contribution in [3.63, 3.8) is 0 Å². The fraction of sp³-hybridized carbons (Fsp3) is 0.105. The van der Waals surface area contributed by atoms with Crippen molar-refractivity contribution in [1.29, 1.82) is 0 Å². The average Bonchev–Trinajstić information content (AvgIpc) is 2.54. The van der Waals surface area contributed by atoms with E-state index in [1.165, 1.54) is 6.07 Å². The van der Waals surface area contributed by atoms with Crippen LogP contribution in [0.3, 0.4) is 0 Å². The van der Waals surface area contributed by atoms with E-state index in [0.29, 0.717) is 21.3 Å². The van der Waals surface area contributed by atoms with E-state index in [9.17, 15) is 8.42 Å². The van der Waals surface area contributed by atoms with Gasteiger partial charge in [-0.2, -0.15) is 0 Å². The zero-order valence-electron chi connectivity index (χ0n) is 14.4. The van der Waals surface area contributed by atoms with Crippen molar-refractivity contribution in [2.75, 3.05) is 4.72 Å². The van der Waals surface area contributed by atoms with Gasteiger partial charge in [0.1, 0.15) is 10.7 Å². The molecule has 8 heteroatoms. The van der Waals surface area contributed by atoms with Crippen LogP contribution in [0.4, 0.5) is 5.82 Å². The Kier molecular flexibility index (Phi) is 5.68. The smallest absolute Gasteiger partial charge is 0.263 e. The van der Waals surface area contributed by atoms with Crippen LogP contribution in [0.25, 0.3) is 11.1 Å². The van der Waals surface area contributed by atoms with Crippen molar-refractivity contribution in [2.24, 2.45) is 0 Å². The quantitative estimate of drug-likeness (QED) is 0.530. The second-order valence-electron chi connectivity index (χ2n) is 5.95. The molecule has 0 aliphatic rings. The van der Waals surface area contributed by atoms with Gasteiger partial charge in [0.15, 0.2) is 0 Å². The molecule has 0 unspecified atom stereocenters. The van der Waals surface area contributed by atoms with E-state index in [4.69, 9.17) is 34.8 Å². The summed E-state index contributed by atoms with van der Waals surface area (Å²) >= 11 is 18.3. The Bertz CT molecular complexity index is 1110. The zero-order valence-corrected chi connectivity index (χ0v) is 17.5. The van der Waals surface area contributed by atoms with Crippen molar-refractivity contribution in [1.82, 2.24) is 4.98 Å². The van der Waals surface area contributed by atoms with Crippen LogP contribution in [0.2, 0.25) is 15.1 Å². The maximum absolute atomic E-state index is 12.8. The molecule has 0 aliphatic carbocycles. The first-order chi connectivity index (χ1) is 12.7. The number of halogens is 3. The van der Waals surface area contributed by atoms with Crippen molar-refractivity contribution in [2.45, 2.75) is 18.7 Å². The third-order valence-corrected chi connectivity index (χ3v) is 6.47. The second kappa shape index (κ2) is 7.68. The molecule has 1 heterocycles. The van der Waals surface area contributed by atoms with E-state index in [0.717, 1.165) is 11.1 Å². The number of hydrogen-bond acceptors (Lipinski definition) is 3. The van der Waals surface area contributed by atoms with Gasteiger partial charge >= 0.3 is 0 Å². The van der Waals surface area contributed by atoms with Crippen LogP contribution < -0.4 is 4.72 Å². The fourth-order valence-corrected chi connectivity index (χ4v) is 5.23. The summed E-state index contributed by atoms with van der Waals surface area (Å²) in [6.07, 6.45) is 0. The molecule has 1 N–H and O–H groups in total. The first-order valence-electron chi connectivity index (χ1n) is 7.90. The highest BCUT2D eigenvalue weighted by atomic mass is 35.5. The van der Waals surface area contributed by atoms with Gasteiger partial charge in [0.05, 0.1) is 5.02 Å². The lowest BCUT2D eigenvalue weighted by molar-refractivity contribution is 0.600. The Morgan fingerprint density at radius 1 is 0.889 bits per heavy atom. The van der Waals surface area contributed by atoms with Crippen LogP contribution in [0.1, 0.15) is 11.3 Å². The number of pyridine rings is 1. The van der Waals surface area contributed by atoms with E-state index in [1.54, 1.807) is 38.1 Å². The zero-order chi connectivity index (χ0) is 19.8. The van der Waals surface area contributed by atoms with Crippen molar-refractivity contribution in [3.05, 3.63) is 74.9 Å². The third kappa shape index (κ3) is 4.22. The summed E-state index contributed by atoms with van der Waals surface area (Å²) in [6.45, 7) is 3.42. The summed E-state index contributed by atoms with van der Waals surface area (Å²) in [7, 11) is -3.92. The molecule has 0 atom stereocenters. The minimum Gasteiger partial charge on any atom is -0.263 e. The molecule has 0 spiro atoms. The summed E-state index contributed by atoms with van der Waals surface area (Å²) < 4.78 is 28.0. The first-order valence-corrected chi connectivity index (χ1v) is 10.5. The van der Waals surface area contributed by atoms with Crippen LogP contribution >= 0.6 is 34.8 Å². The molecular formula is C19H15Cl3N2O2S. The van der Waals surface area contributed by atoms with E-state index in [1.807, 2.05) is 18.2 Å². The Morgan fingerprint density at radius 3 is 2.22 bits per heavy atom. The maximum Gasteiger partial charge on any atom is 0.264 e. The van der Waals surface area contributed by atoms with Gasteiger partial charge in [-0.25, -0.2) is 13.4 Å². The molecular weight excluding hydrogens is 427 g/mol. The Morgan fingerprint density at radius 2 is 1.59 bits per heavy atom. The molecule has 0 fully saturated rings. The van der Waals surface area contributed by atoms with Crippen molar-refractivity contribution in [3.8, 4) is 11.1 Å². The number of hydrogen-bond donors (Lipinski definition) is 1. The molecule has 0 aliphatic heterocycles. The van der Waals surface area contributed by atoms with Gasteiger partial charge in [0, 0.05) is 26.9 Å². The molecule has 3 rings (SSSR count). The van der Waals surface area contributed by atoms with Crippen LogP contribution in [0.15, 0.2) is 53.4 Å². The molecule has 2 aromatic carbocycles. The lowest BCUT2D eigenvalue weighted by atomic mass is 10.0. The minimum absolute atomic E-state index is 0.0248. The van der Waals surface area contributed by atoms with E-state index in [2.05, 4.69) is 9.71 Å². The molecule has 4 nitrogen and oxygen atoms in total. The third-order valence-electron chi connectivity index (χ3n) is 3.95. The molecule has 3 aromatic rings. The summed E-state index contributed by atoms with van der Waals surface area (Å²) in [5.74, 6) is 0.189. The molecule has 0 radical (unpaired) electrons. The highest BCUT2D eigenvalue weighted by Crippen LogP contribution is 2.32. The predicted octanol–water partition coefficient (Wildman–Crippen LogP) is 6.13. The maximum atomic E-state index is 12.8. The Hall–Kier alpha value is -1.79. The van der Waals surface area contributed by atoms with Gasteiger partial charge in [-0.05, 0) is 49.7 Å². The molecule has 140 valence electrons. The van der Waals surface area contributed by atoms with Crippen molar-refractivity contribution < 1.29 is 8.42 Å². The molecule has 0 saturated carbocycles. The number of benzene rings is 2. The van der Waals surface area contributed by atoms with E-state index >= 15 is 0 Å². The van der Waals surface area contributed by atoms with E-state index in [-0.39, 0.29) is 15.7 Å². The lowest BCUT2D eigenvalue weighted by Crippen LogP contribution is -2.16. The number of aromatic nitrogens is 1.